The molecule has 1 atom stereocenters. The molecule has 128 valence electrons. The number of nitrogens with zero attached hydrogens (tertiary/aromatic N) is 3. The van der Waals surface area contributed by atoms with Crippen LogP contribution in [0.15, 0.2) is 41.6 Å². The molecule has 0 radical (unpaired) electrons. The van der Waals surface area contributed by atoms with Gasteiger partial charge in [0.25, 0.3) is 0 Å². The predicted octanol–water partition coefficient (Wildman–Crippen LogP) is 1.47. The van der Waals surface area contributed by atoms with Crippen molar-refractivity contribution in [3.63, 3.8) is 0 Å². The maximum atomic E-state index is 13.0. The largest absolute Gasteiger partial charge is 0.480 e. The zero-order chi connectivity index (χ0) is 17.2. The van der Waals surface area contributed by atoms with Crippen molar-refractivity contribution >= 4 is 10.0 Å². The zero-order valence-corrected chi connectivity index (χ0v) is 13.7. The van der Waals surface area contributed by atoms with Crippen molar-refractivity contribution in [2.75, 3.05) is 20.2 Å². The molecule has 0 spiro atoms. The minimum Gasteiger partial charge on any atom is -0.480 e. The van der Waals surface area contributed by atoms with Gasteiger partial charge >= 0.3 is 0 Å². The van der Waals surface area contributed by atoms with Gasteiger partial charge in [-0.25, -0.2) is 12.8 Å². The molecule has 1 fully saturated rings. The first-order valence-electron chi connectivity index (χ1n) is 7.27. The molecular formula is C15H16FN3O4S. The number of hydrogen-bond donors (Lipinski definition) is 0. The minimum atomic E-state index is -3.67. The summed E-state index contributed by atoms with van der Waals surface area (Å²) in [6.07, 6.45) is 3.09. The Morgan fingerprint density at radius 1 is 1.21 bits per heavy atom. The molecule has 7 nitrogen and oxygen atoms in total. The van der Waals surface area contributed by atoms with Crippen molar-refractivity contribution in [3.05, 3.63) is 42.5 Å². The predicted molar refractivity (Wildman–Crippen MR) is 82.8 cm³/mol. The second-order valence-corrected chi connectivity index (χ2v) is 7.18. The van der Waals surface area contributed by atoms with Crippen LogP contribution in [0.2, 0.25) is 0 Å². The molecule has 1 aromatic carbocycles. The summed E-state index contributed by atoms with van der Waals surface area (Å²) in [5.74, 6) is 0.120. The van der Waals surface area contributed by atoms with Crippen LogP contribution in [-0.2, 0) is 10.0 Å². The fourth-order valence-electron chi connectivity index (χ4n) is 2.42. The highest BCUT2D eigenvalue weighted by atomic mass is 32.2. The van der Waals surface area contributed by atoms with Gasteiger partial charge in [-0.15, -0.1) is 0 Å². The number of halogens is 1. The van der Waals surface area contributed by atoms with Crippen molar-refractivity contribution in [2.45, 2.75) is 17.4 Å². The van der Waals surface area contributed by atoms with Gasteiger partial charge in [-0.3, -0.25) is 4.98 Å². The van der Waals surface area contributed by atoms with Crippen molar-refractivity contribution in [1.82, 2.24) is 14.3 Å². The molecule has 2 heterocycles. The molecule has 1 aromatic heterocycles. The average Bonchev–Trinajstić information content (AvgIpc) is 3.05. The first-order valence-corrected chi connectivity index (χ1v) is 8.71. The van der Waals surface area contributed by atoms with E-state index in [0.717, 1.165) is 12.1 Å². The Morgan fingerprint density at radius 3 is 2.62 bits per heavy atom. The van der Waals surface area contributed by atoms with E-state index < -0.39 is 15.8 Å². The summed E-state index contributed by atoms with van der Waals surface area (Å²) >= 11 is 0. The number of rotatable bonds is 5. The van der Waals surface area contributed by atoms with E-state index in [2.05, 4.69) is 9.97 Å². The van der Waals surface area contributed by atoms with E-state index in [1.165, 1.54) is 35.9 Å². The Kier molecular flexibility index (Phi) is 4.63. The van der Waals surface area contributed by atoms with Gasteiger partial charge in [0.05, 0.1) is 30.9 Å². The van der Waals surface area contributed by atoms with Crippen LogP contribution >= 0.6 is 0 Å². The van der Waals surface area contributed by atoms with Crippen LogP contribution in [0.3, 0.4) is 0 Å². The lowest BCUT2D eigenvalue weighted by atomic mass is 10.3. The topological polar surface area (TPSA) is 81.6 Å². The quantitative estimate of drug-likeness (QED) is 0.810. The highest BCUT2D eigenvalue weighted by molar-refractivity contribution is 7.89. The third-order valence-electron chi connectivity index (χ3n) is 3.65. The van der Waals surface area contributed by atoms with Crippen molar-refractivity contribution in [3.8, 4) is 11.8 Å². The lowest BCUT2D eigenvalue weighted by Crippen LogP contribution is -2.31. The number of ether oxygens (including phenoxy) is 2. The van der Waals surface area contributed by atoms with Crippen molar-refractivity contribution < 1.29 is 22.3 Å². The number of sulfonamides is 1. The molecule has 0 aliphatic carbocycles. The normalized spacial score (nSPS) is 18.5. The number of hydrogen-bond acceptors (Lipinski definition) is 6. The molecular weight excluding hydrogens is 337 g/mol. The fourth-order valence-corrected chi connectivity index (χ4v) is 3.91. The summed E-state index contributed by atoms with van der Waals surface area (Å²) in [6.45, 7) is 0.514. The third-order valence-corrected chi connectivity index (χ3v) is 5.53. The number of methoxy groups -OCH3 is 1. The van der Waals surface area contributed by atoms with E-state index in [1.807, 2.05) is 0 Å². The van der Waals surface area contributed by atoms with Crippen LogP contribution in [0.1, 0.15) is 6.42 Å². The first kappa shape index (κ1) is 16.6. The molecule has 1 aliphatic heterocycles. The molecule has 2 aromatic rings. The van der Waals surface area contributed by atoms with Gasteiger partial charge in [-0.2, -0.15) is 9.29 Å². The van der Waals surface area contributed by atoms with Gasteiger partial charge in [0.1, 0.15) is 11.9 Å². The van der Waals surface area contributed by atoms with E-state index in [9.17, 15) is 12.8 Å². The molecule has 24 heavy (non-hydrogen) atoms. The van der Waals surface area contributed by atoms with Crippen LogP contribution < -0.4 is 9.47 Å². The summed E-state index contributed by atoms with van der Waals surface area (Å²) < 4.78 is 50.0. The Labute approximate surface area is 139 Å². The highest BCUT2D eigenvalue weighted by Crippen LogP contribution is 2.24. The van der Waals surface area contributed by atoms with Crippen LogP contribution in [0.5, 0.6) is 11.8 Å². The molecule has 0 saturated carbocycles. The van der Waals surface area contributed by atoms with Gasteiger partial charge in [0.2, 0.25) is 21.8 Å². The van der Waals surface area contributed by atoms with Gasteiger partial charge in [0, 0.05) is 6.54 Å². The Hall–Kier alpha value is -2.26. The first-order chi connectivity index (χ1) is 11.5. The Balaban J connectivity index is 1.69. The highest BCUT2D eigenvalue weighted by Gasteiger charge is 2.33. The maximum Gasteiger partial charge on any atom is 0.243 e. The lowest BCUT2D eigenvalue weighted by molar-refractivity contribution is 0.203. The summed E-state index contributed by atoms with van der Waals surface area (Å²) in [7, 11) is -2.19. The Morgan fingerprint density at radius 2 is 1.92 bits per heavy atom. The summed E-state index contributed by atoms with van der Waals surface area (Å²) in [5.41, 5.74) is 0. The van der Waals surface area contributed by atoms with Crippen LogP contribution in [0.25, 0.3) is 0 Å². The summed E-state index contributed by atoms with van der Waals surface area (Å²) in [5, 5.41) is 0. The summed E-state index contributed by atoms with van der Waals surface area (Å²) in [6, 6.07) is 4.77. The van der Waals surface area contributed by atoms with E-state index in [4.69, 9.17) is 9.47 Å². The fraction of sp³-hybridized carbons (Fsp3) is 0.333. The second kappa shape index (κ2) is 6.70. The maximum absolute atomic E-state index is 13.0. The van der Waals surface area contributed by atoms with Gasteiger partial charge in [0.15, 0.2) is 0 Å². The van der Waals surface area contributed by atoms with Crippen LogP contribution in [0.4, 0.5) is 4.39 Å². The lowest BCUT2D eigenvalue weighted by Gasteiger charge is -2.17. The molecule has 0 bridgehead atoms. The van der Waals surface area contributed by atoms with E-state index in [-0.39, 0.29) is 23.4 Å². The standard InChI is InChI=1S/C15H16FN3O4S/c1-22-14-8-17-9-15(18-14)23-12-6-7-19(10-12)24(20,21)13-4-2-11(16)3-5-13/h2-5,8-9,12H,6-7,10H2,1H3. The van der Waals surface area contributed by atoms with E-state index in [0.29, 0.717) is 18.8 Å². The molecule has 0 N–H and O–H groups in total. The van der Waals surface area contributed by atoms with Gasteiger partial charge in [-0.05, 0) is 30.7 Å². The van der Waals surface area contributed by atoms with E-state index >= 15 is 0 Å². The SMILES string of the molecule is COc1cncc(OC2CCN(S(=O)(=O)c3ccc(F)cc3)C2)n1. The summed E-state index contributed by atoms with van der Waals surface area (Å²) in [4.78, 5) is 8.10. The molecule has 1 unspecified atom stereocenters. The molecule has 1 aliphatic rings. The molecule has 1 saturated heterocycles. The second-order valence-electron chi connectivity index (χ2n) is 5.25. The van der Waals surface area contributed by atoms with Crippen molar-refractivity contribution in [2.24, 2.45) is 0 Å². The molecule has 3 rings (SSSR count). The Bertz CT molecular complexity index is 814. The third kappa shape index (κ3) is 3.46. The van der Waals surface area contributed by atoms with Crippen LogP contribution in [0, 0.1) is 5.82 Å². The zero-order valence-electron chi connectivity index (χ0n) is 12.9. The smallest absolute Gasteiger partial charge is 0.243 e. The number of benzene rings is 1. The van der Waals surface area contributed by atoms with Gasteiger partial charge in [-0.1, -0.05) is 0 Å². The number of aromatic nitrogens is 2. The molecule has 9 heteroatoms. The monoisotopic (exact) mass is 353 g/mol. The minimum absolute atomic E-state index is 0.0609. The van der Waals surface area contributed by atoms with Crippen LogP contribution in [-0.4, -0.2) is 49.0 Å². The van der Waals surface area contributed by atoms with E-state index in [1.54, 1.807) is 0 Å². The average molecular weight is 353 g/mol. The molecule has 0 amide bonds. The van der Waals surface area contributed by atoms with Crippen molar-refractivity contribution in [1.29, 1.82) is 0 Å². The van der Waals surface area contributed by atoms with Gasteiger partial charge < -0.3 is 9.47 Å².